The van der Waals surface area contributed by atoms with Crippen LogP contribution in [0.15, 0.2) is 36.5 Å². The number of nitrogens with one attached hydrogen (secondary N) is 1. The summed E-state index contributed by atoms with van der Waals surface area (Å²) in [4.78, 5) is 21.1. The molecule has 0 unspecified atom stereocenters. The predicted octanol–water partition coefficient (Wildman–Crippen LogP) is 3.50. The molecule has 2 amide bonds. The van der Waals surface area contributed by atoms with E-state index in [2.05, 4.69) is 24.1 Å². The van der Waals surface area contributed by atoms with E-state index in [-0.39, 0.29) is 11.8 Å². The summed E-state index contributed by atoms with van der Waals surface area (Å²) in [6.07, 6.45) is 2.95. The number of carbonyl (C=O) groups is 1. The SMILES string of the molecule is CC(C)CCNC(=O)N1CCN(c2nc3cc(F)ccc3n3cccc23)CC1. The molecule has 3 aromatic rings. The topological polar surface area (TPSA) is 52.9 Å². The van der Waals surface area contributed by atoms with Gasteiger partial charge >= 0.3 is 6.03 Å². The van der Waals surface area contributed by atoms with Gasteiger partial charge in [0.2, 0.25) is 0 Å². The number of carbonyl (C=O) groups excluding carboxylic acids is 1. The number of fused-ring (bicyclic) bond motifs is 3. The molecule has 4 rings (SSSR count). The second-order valence-corrected chi connectivity index (χ2v) is 7.72. The fourth-order valence-electron chi connectivity index (χ4n) is 3.67. The van der Waals surface area contributed by atoms with Gasteiger partial charge in [0.1, 0.15) is 5.82 Å². The van der Waals surface area contributed by atoms with E-state index in [0.29, 0.717) is 44.2 Å². The zero-order valence-corrected chi connectivity index (χ0v) is 16.4. The van der Waals surface area contributed by atoms with E-state index in [9.17, 15) is 9.18 Å². The summed E-state index contributed by atoms with van der Waals surface area (Å²) in [5.41, 5.74) is 2.51. The number of piperazine rings is 1. The van der Waals surface area contributed by atoms with Crippen LogP contribution in [0.25, 0.3) is 16.6 Å². The number of halogens is 1. The van der Waals surface area contributed by atoms with Crippen molar-refractivity contribution in [1.82, 2.24) is 19.6 Å². The Morgan fingerprint density at radius 2 is 1.96 bits per heavy atom. The van der Waals surface area contributed by atoms with Gasteiger partial charge in [-0.25, -0.2) is 14.2 Å². The van der Waals surface area contributed by atoms with E-state index in [1.54, 1.807) is 6.07 Å². The first-order chi connectivity index (χ1) is 13.5. The average Bonchev–Trinajstić information content (AvgIpc) is 3.17. The van der Waals surface area contributed by atoms with E-state index >= 15 is 0 Å². The number of anilines is 1. The van der Waals surface area contributed by atoms with Crippen LogP contribution in [-0.2, 0) is 0 Å². The highest BCUT2D eigenvalue weighted by Crippen LogP contribution is 2.26. The first-order valence-corrected chi connectivity index (χ1v) is 9.87. The maximum atomic E-state index is 13.7. The van der Waals surface area contributed by atoms with Crippen molar-refractivity contribution in [2.75, 3.05) is 37.6 Å². The lowest BCUT2D eigenvalue weighted by Gasteiger charge is -2.35. The molecule has 1 N–H and O–H groups in total. The van der Waals surface area contributed by atoms with Crippen molar-refractivity contribution in [3.05, 3.63) is 42.3 Å². The van der Waals surface area contributed by atoms with Crippen LogP contribution in [0.5, 0.6) is 0 Å². The second-order valence-electron chi connectivity index (χ2n) is 7.72. The Labute approximate surface area is 163 Å². The van der Waals surface area contributed by atoms with E-state index in [1.165, 1.54) is 12.1 Å². The Hall–Kier alpha value is -2.83. The van der Waals surface area contributed by atoms with Crippen LogP contribution < -0.4 is 10.2 Å². The summed E-state index contributed by atoms with van der Waals surface area (Å²) in [6, 6.07) is 8.68. The van der Waals surface area contributed by atoms with Crippen molar-refractivity contribution in [2.24, 2.45) is 5.92 Å². The largest absolute Gasteiger partial charge is 0.351 e. The molecule has 0 atom stereocenters. The Morgan fingerprint density at radius 3 is 2.71 bits per heavy atom. The molecule has 1 aliphatic rings. The molecular weight excluding hydrogens is 357 g/mol. The molecule has 1 saturated heterocycles. The van der Waals surface area contributed by atoms with Gasteiger partial charge in [0, 0.05) is 45.0 Å². The third-order valence-corrected chi connectivity index (χ3v) is 5.27. The Morgan fingerprint density at radius 1 is 1.18 bits per heavy atom. The minimum Gasteiger partial charge on any atom is -0.351 e. The van der Waals surface area contributed by atoms with Gasteiger partial charge < -0.3 is 19.5 Å². The van der Waals surface area contributed by atoms with Crippen molar-refractivity contribution in [2.45, 2.75) is 20.3 Å². The molecule has 1 aromatic carbocycles. The second kappa shape index (κ2) is 7.66. The third-order valence-electron chi connectivity index (χ3n) is 5.27. The zero-order chi connectivity index (χ0) is 19.7. The van der Waals surface area contributed by atoms with Gasteiger partial charge in [-0.15, -0.1) is 0 Å². The standard InChI is InChI=1S/C21H26FN5O/c1-15(2)7-8-23-21(28)26-12-10-25(11-13-26)20-19-4-3-9-27(19)18-6-5-16(22)14-17(18)24-20/h3-6,9,14-15H,7-8,10-13H2,1-2H3,(H,23,28). The fraction of sp³-hybridized carbons (Fsp3) is 0.429. The summed E-state index contributed by atoms with van der Waals surface area (Å²) in [5, 5.41) is 3.00. The minimum atomic E-state index is -0.291. The van der Waals surface area contributed by atoms with Crippen LogP contribution >= 0.6 is 0 Å². The van der Waals surface area contributed by atoms with Crippen molar-refractivity contribution >= 4 is 28.4 Å². The van der Waals surface area contributed by atoms with Gasteiger partial charge in [0.05, 0.1) is 16.6 Å². The summed E-state index contributed by atoms with van der Waals surface area (Å²) in [5.74, 6) is 1.12. The number of benzene rings is 1. The minimum absolute atomic E-state index is 0.00155. The number of amides is 2. The first kappa shape index (κ1) is 18.5. The van der Waals surface area contributed by atoms with Crippen LogP contribution in [0, 0.1) is 11.7 Å². The average molecular weight is 383 g/mol. The molecule has 0 spiro atoms. The molecule has 28 heavy (non-hydrogen) atoms. The highest BCUT2D eigenvalue weighted by atomic mass is 19.1. The molecule has 7 heteroatoms. The molecule has 3 heterocycles. The van der Waals surface area contributed by atoms with Crippen molar-refractivity contribution in [3.63, 3.8) is 0 Å². The Kier molecular flexibility index (Phi) is 5.07. The van der Waals surface area contributed by atoms with Gasteiger partial charge in [0.15, 0.2) is 5.82 Å². The zero-order valence-electron chi connectivity index (χ0n) is 16.4. The maximum Gasteiger partial charge on any atom is 0.317 e. The summed E-state index contributed by atoms with van der Waals surface area (Å²) >= 11 is 0. The fourth-order valence-corrected chi connectivity index (χ4v) is 3.67. The van der Waals surface area contributed by atoms with Crippen LogP contribution in [0.3, 0.4) is 0 Å². The van der Waals surface area contributed by atoms with Gasteiger partial charge in [-0.05, 0) is 36.6 Å². The number of nitrogens with zero attached hydrogens (tertiary/aromatic N) is 4. The van der Waals surface area contributed by atoms with Crippen LogP contribution in [0.4, 0.5) is 15.0 Å². The summed E-state index contributed by atoms with van der Waals surface area (Å²) in [6.45, 7) is 7.69. The van der Waals surface area contributed by atoms with E-state index in [0.717, 1.165) is 23.3 Å². The molecule has 0 bridgehead atoms. The molecule has 6 nitrogen and oxygen atoms in total. The highest BCUT2D eigenvalue weighted by molar-refractivity contribution is 5.85. The van der Waals surface area contributed by atoms with Gasteiger partial charge in [0.25, 0.3) is 0 Å². The van der Waals surface area contributed by atoms with E-state index < -0.39 is 0 Å². The number of rotatable bonds is 4. The lowest BCUT2D eigenvalue weighted by atomic mass is 10.1. The monoisotopic (exact) mass is 383 g/mol. The number of urea groups is 1. The molecular formula is C21H26FN5O. The van der Waals surface area contributed by atoms with Gasteiger partial charge in [-0.1, -0.05) is 13.8 Å². The molecule has 1 fully saturated rings. The summed E-state index contributed by atoms with van der Waals surface area (Å²) in [7, 11) is 0. The third kappa shape index (κ3) is 3.61. The number of hydrogen-bond acceptors (Lipinski definition) is 3. The normalized spacial score (nSPS) is 15.0. The Bertz CT molecular complexity index is 991. The van der Waals surface area contributed by atoms with Crippen LogP contribution in [0.1, 0.15) is 20.3 Å². The van der Waals surface area contributed by atoms with Crippen molar-refractivity contribution in [1.29, 1.82) is 0 Å². The highest BCUT2D eigenvalue weighted by Gasteiger charge is 2.23. The maximum absolute atomic E-state index is 13.7. The van der Waals surface area contributed by atoms with E-state index in [1.807, 2.05) is 27.6 Å². The Balaban J connectivity index is 1.50. The van der Waals surface area contributed by atoms with Crippen molar-refractivity contribution < 1.29 is 9.18 Å². The summed E-state index contributed by atoms with van der Waals surface area (Å²) < 4.78 is 15.8. The van der Waals surface area contributed by atoms with E-state index in [4.69, 9.17) is 4.98 Å². The van der Waals surface area contributed by atoms with Crippen molar-refractivity contribution in [3.8, 4) is 0 Å². The molecule has 1 aliphatic heterocycles. The number of aromatic nitrogens is 2. The van der Waals surface area contributed by atoms with Gasteiger partial charge in [-0.3, -0.25) is 0 Å². The molecule has 0 radical (unpaired) electrons. The first-order valence-electron chi connectivity index (χ1n) is 9.87. The quantitative estimate of drug-likeness (QED) is 0.750. The van der Waals surface area contributed by atoms with Gasteiger partial charge in [-0.2, -0.15) is 0 Å². The lowest BCUT2D eigenvalue weighted by molar-refractivity contribution is 0.194. The molecule has 0 aliphatic carbocycles. The molecule has 0 saturated carbocycles. The number of hydrogen-bond donors (Lipinski definition) is 1. The predicted molar refractivity (Wildman–Crippen MR) is 109 cm³/mol. The lowest BCUT2D eigenvalue weighted by Crippen LogP contribution is -2.52. The smallest absolute Gasteiger partial charge is 0.317 e. The van der Waals surface area contributed by atoms with Crippen LogP contribution in [-0.4, -0.2) is 53.0 Å². The molecule has 2 aromatic heterocycles. The molecule has 148 valence electrons. The van der Waals surface area contributed by atoms with Crippen LogP contribution in [0.2, 0.25) is 0 Å².